The molecule has 0 unspecified atom stereocenters. The highest BCUT2D eigenvalue weighted by Crippen LogP contribution is 2.39. The van der Waals surface area contributed by atoms with E-state index in [2.05, 4.69) is 43.3 Å². The highest BCUT2D eigenvalue weighted by Gasteiger charge is 2.23. The molecule has 0 radical (unpaired) electrons. The maximum atomic E-state index is 12.2. The molecule has 0 saturated heterocycles. The van der Waals surface area contributed by atoms with Gasteiger partial charge in [0.25, 0.3) is 0 Å². The number of ether oxygens (including phenoxy) is 1. The van der Waals surface area contributed by atoms with Crippen LogP contribution in [-0.4, -0.2) is 20.5 Å². The van der Waals surface area contributed by atoms with Crippen molar-refractivity contribution in [3.05, 3.63) is 83.4 Å². The molecule has 0 atom stereocenters. The Morgan fingerprint density at radius 2 is 2.09 bits per heavy atom. The molecular formula is C25H26N6O2. The minimum atomic E-state index is -0.577. The zero-order valence-electron chi connectivity index (χ0n) is 18.4. The van der Waals surface area contributed by atoms with Crippen LogP contribution < -0.4 is 16.4 Å². The van der Waals surface area contributed by atoms with Crippen molar-refractivity contribution in [1.29, 1.82) is 0 Å². The predicted octanol–water partition coefficient (Wildman–Crippen LogP) is 4.86. The van der Waals surface area contributed by atoms with Gasteiger partial charge in [-0.1, -0.05) is 35.9 Å². The maximum Gasteiger partial charge on any atom is 0.413 e. The Morgan fingerprint density at radius 1 is 1.21 bits per heavy atom. The number of benzene rings is 1. The summed E-state index contributed by atoms with van der Waals surface area (Å²) in [7, 11) is 0. The number of hydrogen-bond acceptors (Lipinski definition) is 6. The van der Waals surface area contributed by atoms with Gasteiger partial charge in [-0.2, -0.15) is 0 Å². The molecule has 0 aliphatic heterocycles. The van der Waals surface area contributed by atoms with Gasteiger partial charge in [-0.15, -0.1) is 0 Å². The van der Waals surface area contributed by atoms with Crippen LogP contribution in [0.25, 0.3) is 5.65 Å². The molecule has 8 nitrogen and oxygen atoms in total. The Bertz CT molecular complexity index is 1310. The average molecular weight is 443 g/mol. The second-order valence-electron chi connectivity index (χ2n) is 8.43. The summed E-state index contributed by atoms with van der Waals surface area (Å²) in [4.78, 5) is 21.0. The first-order valence-corrected chi connectivity index (χ1v) is 11.0. The number of nitrogens with zero attached hydrogens (tertiary/aromatic N) is 3. The van der Waals surface area contributed by atoms with Crippen LogP contribution >= 0.6 is 0 Å². The van der Waals surface area contributed by atoms with E-state index in [-0.39, 0.29) is 6.61 Å². The molecule has 4 aromatic rings. The van der Waals surface area contributed by atoms with Gasteiger partial charge in [-0.3, -0.25) is 5.32 Å². The highest BCUT2D eigenvalue weighted by molar-refractivity contribution is 5.85. The van der Waals surface area contributed by atoms with Crippen LogP contribution in [0.4, 0.5) is 22.0 Å². The third kappa shape index (κ3) is 5.06. The van der Waals surface area contributed by atoms with E-state index in [9.17, 15) is 4.79 Å². The number of nitrogens with two attached hydrogens (primary N) is 1. The lowest BCUT2D eigenvalue weighted by atomic mass is 10.1. The molecule has 1 aliphatic rings. The van der Waals surface area contributed by atoms with Crippen molar-refractivity contribution in [2.75, 3.05) is 16.4 Å². The smallest absolute Gasteiger partial charge is 0.413 e. The van der Waals surface area contributed by atoms with E-state index in [1.807, 2.05) is 37.4 Å². The molecule has 1 amide bonds. The average Bonchev–Trinajstić information content (AvgIpc) is 3.57. The van der Waals surface area contributed by atoms with E-state index in [1.54, 1.807) is 6.07 Å². The van der Waals surface area contributed by atoms with Gasteiger partial charge in [0.2, 0.25) is 0 Å². The van der Waals surface area contributed by atoms with E-state index < -0.39 is 6.09 Å². The minimum Gasteiger partial charge on any atom is -0.444 e. The van der Waals surface area contributed by atoms with Crippen molar-refractivity contribution < 1.29 is 9.53 Å². The fraction of sp³-hybridized carbons (Fsp3) is 0.240. The van der Waals surface area contributed by atoms with E-state index >= 15 is 0 Å². The molecule has 33 heavy (non-hydrogen) atoms. The van der Waals surface area contributed by atoms with Crippen LogP contribution in [0.2, 0.25) is 0 Å². The van der Waals surface area contributed by atoms with Crippen LogP contribution in [0, 0.1) is 6.92 Å². The van der Waals surface area contributed by atoms with E-state index in [0.29, 0.717) is 29.7 Å². The SMILES string of the molecule is Cc1cccc(COC(=O)Nc2cc(NCc3cn4cc(C5CC5)ccc4n3)c(N)cn2)c1. The summed E-state index contributed by atoms with van der Waals surface area (Å²) >= 11 is 0. The topological polar surface area (TPSA) is 107 Å². The van der Waals surface area contributed by atoms with Gasteiger partial charge in [-0.05, 0) is 42.9 Å². The van der Waals surface area contributed by atoms with Crippen molar-refractivity contribution in [2.24, 2.45) is 0 Å². The normalized spacial score (nSPS) is 13.1. The van der Waals surface area contributed by atoms with E-state index in [1.165, 1.54) is 24.6 Å². The van der Waals surface area contributed by atoms with Gasteiger partial charge < -0.3 is 20.2 Å². The number of hydrogen-bond donors (Lipinski definition) is 3. The zero-order valence-corrected chi connectivity index (χ0v) is 18.4. The Labute approximate surface area is 191 Å². The third-order valence-electron chi connectivity index (χ3n) is 5.65. The number of nitrogen functional groups attached to an aromatic ring is 1. The summed E-state index contributed by atoms with van der Waals surface area (Å²) in [6.07, 6.45) is 7.65. The first kappa shape index (κ1) is 20.8. The largest absolute Gasteiger partial charge is 0.444 e. The molecular weight excluding hydrogens is 416 g/mol. The third-order valence-corrected chi connectivity index (χ3v) is 5.65. The van der Waals surface area contributed by atoms with Crippen LogP contribution in [0.1, 0.15) is 41.1 Å². The molecule has 1 saturated carbocycles. The quantitative estimate of drug-likeness (QED) is 0.377. The Balaban J connectivity index is 1.20. The van der Waals surface area contributed by atoms with Crippen molar-refractivity contribution >= 4 is 28.9 Å². The fourth-order valence-corrected chi connectivity index (χ4v) is 3.77. The van der Waals surface area contributed by atoms with Crippen molar-refractivity contribution in [2.45, 2.75) is 38.8 Å². The molecule has 168 valence electrons. The van der Waals surface area contributed by atoms with Crippen LogP contribution in [0.3, 0.4) is 0 Å². The van der Waals surface area contributed by atoms with Crippen molar-refractivity contribution in [3.8, 4) is 0 Å². The monoisotopic (exact) mass is 442 g/mol. The first-order chi connectivity index (χ1) is 16.0. The molecule has 0 spiro atoms. The molecule has 4 N–H and O–H groups in total. The van der Waals surface area contributed by atoms with Crippen molar-refractivity contribution in [1.82, 2.24) is 14.4 Å². The number of aryl methyl sites for hydroxylation is 1. The number of amides is 1. The lowest BCUT2D eigenvalue weighted by molar-refractivity contribution is 0.155. The van der Waals surface area contributed by atoms with Crippen LogP contribution in [0.15, 0.2) is 61.1 Å². The zero-order chi connectivity index (χ0) is 22.8. The van der Waals surface area contributed by atoms with Crippen LogP contribution in [0.5, 0.6) is 0 Å². The summed E-state index contributed by atoms with van der Waals surface area (Å²) in [5, 5.41) is 5.93. The summed E-state index contributed by atoms with van der Waals surface area (Å²) < 4.78 is 7.36. The van der Waals surface area contributed by atoms with Gasteiger partial charge in [0, 0.05) is 18.5 Å². The van der Waals surface area contributed by atoms with E-state index in [0.717, 1.165) is 22.5 Å². The summed E-state index contributed by atoms with van der Waals surface area (Å²) in [5.74, 6) is 1.05. The lowest BCUT2D eigenvalue weighted by Gasteiger charge is -2.11. The molecule has 1 aliphatic carbocycles. The maximum absolute atomic E-state index is 12.2. The Kier molecular flexibility index (Phi) is 5.56. The van der Waals surface area contributed by atoms with Gasteiger partial charge >= 0.3 is 6.09 Å². The molecule has 1 fully saturated rings. The van der Waals surface area contributed by atoms with Gasteiger partial charge in [0.1, 0.15) is 18.1 Å². The summed E-state index contributed by atoms with van der Waals surface area (Å²) in [6, 6.07) is 13.7. The molecule has 0 bridgehead atoms. The van der Waals surface area contributed by atoms with Gasteiger partial charge in [0.05, 0.1) is 29.8 Å². The van der Waals surface area contributed by atoms with E-state index in [4.69, 9.17) is 10.5 Å². The molecule has 1 aromatic carbocycles. The van der Waals surface area contributed by atoms with Crippen molar-refractivity contribution in [3.63, 3.8) is 0 Å². The minimum absolute atomic E-state index is 0.184. The number of carbonyl (C=O) groups is 1. The second-order valence-corrected chi connectivity index (χ2v) is 8.43. The number of fused-ring (bicyclic) bond motifs is 1. The summed E-state index contributed by atoms with van der Waals surface area (Å²) in [5.41, 5.74) is 12.4. The molecule has 8 heteroatoms. The summed E-state index contributed by atoms with van der Waals surface area (Å²) in [6.45, 7) is 2.67. The standard InChI is InChI=1S/C25H26N6O2/c1-16-3-2-4-17(9-16)15-33-25(32)30-23-10-22(21(26)12-28-23)27-11-20-14-31-13-19(18-5-6-18)7-8-24(31)29-20/h2-4,7-10,12-14,18H,5-6,11,15,26H2,1H3,(H2,27,28,30,32). The number of pyridine rings is 2. The Morgan fingerprint density at radius 3 is 2.91 bits per heavy atom. The number of aromatic nitrogens is 3. The van der Waals surface area contributed by atoms with Gasteiger partial charge in [0.15, 0.2) is 0 Å². The predicted molar refractivity (Wildman–Crippen MR) is 128 cm³/mol. The number of nitrogens with one attached hydrogen (secondary N) is 2. The molecule has 3 aromatic heterocycles. The second kappa shape index (κ2) is 8.82. The number of anilines is 3. The number of rotatable bonds is 7. The molecule has 5 rings (SSSR count). The number of carbonyl (C=O) groups excluding carboxylic acids is 1. The highest BCUT2D eigenvalue weighted by atomic mass is 16.5. The first-order valence-electron chi connectivity index (χ1n) is 11.0. The molecule has 3 heterocycles. The van der Waals surface area contributed by atoms with Gasteiger partial charge in [-0.25, -0.2) is 14.8 Å². The lowest BCUT2D eigenvalue weighted by Crippen LogP contribution is -2.15. The van der Waals surface area contributed by atoms with Crippen LogP contribution in [-0.2, 0) is 17.9 Å². The number of imidazole rings is 1. The fourth-order valence-electron chi connectivity index (χ4n) is 3.77. The Hall–Kier alpha value is -4.07.